The Labute approximate surface area is 233 Å². The lowest BCUT2D eigenvalue weighted by Crippen LogP contribution is -2.44. The van der Waals surface area contributed by atoms with Crippen molar-refractivity contribution in [1.82, 2.24) is 5.32 Å². The van der Waals surface area contributed by atoms with E-state index < -0.39 is 0 Å². The molecule has 0 saturated carbocycles. The van der Waals surface area contributed by atoms with Crippen molar-refractivity contribution in [1.29, 1.82) is 0 Å². The summed E-state index contributed by atoms with van der Waals surface area (Å²) in [5.74, 6) is 3.85. The fourth-order valence-electron chi connectivity index (χ4n) is 7.02. The predicted octanol–water partition coefficient (Wildman–Crippen LogP) is 10.00. The maximum absolute atomic E-state index is 4.95. The van der Waals surface area contributed by atoms with Gasteiger partial charge in [0.2, 0.25) is 0 Å². The van der Waals surface area contributed by atoms with Crippen molar-refractivity contribution < 1.29 is 0 Å². The van der Waals surface area contributed by atoms with E-state index in [1.54, 1.807) is 6.20 Å². The van der Waals surface area contributed by atoms with Gasteiger partial charge in [-0.2, -0.15) is 0 Å². The van der Waals surface area contributed by atoms with Crippen LogP contribution in [0.4, 0.5) is 0 Å². The first-order valence-corrected chi connectivity index (χ1v) is 15.0. The van der Waals surface area contributed by atoms with Crippen LogP contribution in [-0.4, -0.2) is 5.84 Å². The number of hydrogen-bond acceptors (Lipinski definition) is 1. The molecule has 0 bridgehead atoms. The maximum Gasteiger partial charge on any atom is 0.114 e. The van der Waals surface area contributed by atoms with Crippen molar-refractivity contribution in [3.63, 3.8) is 0 Å². The van der Waals surface area contributed by atoms with E-state index in [1.807, 2.05) is 0 Å². The van der Waals surface area contributed by atoms with Crippen LogP contribution < -0.4 is 5.32 Å². The highest BCUT2D eigenvalue weighted by atomic mass is 15.0. The van der Waals surface area contributed by atoms with Gasteiger partial charge in [0, 0.05) is 17.8 Å². The summed E-state index contributed by atoms with van der Waals surface area (Å²) in [5.41, 5.74) is 3.96. The molecule has 0 aromatic heterocycles. The number of rotatable bonds is 10. The Morgan fingerprint density at radius 2 is 1.89 bits per heavy atom. The molecule has 206 valence electrons. The van der Waals surface area contributed by atoms with Gasteiger partial charge < -0.3 is 5.32 Å². The van der Waals surface area contributed by atoms with Crippen LogP contribution in [0.1, 0.15) is 86.1 Å². The van der Waals surface area contributed by atoms with Crippen molar-refractivity contribution >= 4 is 11.4 Å². The molecule has 0 fully saturated rings. The van der Waals surface area contributed by atoms with Gasteiger partial charge in [0.25, 0.3) is 0 Å². The molecular formula is C36H52N2. The molecular weight excluding hydrogens is 460 g/mol. The number of nitrogens with one attached hydrogen (secondary N) is 1. The predicted molar refractivity (Wildman–Crippen MR) is 168 cm³/mol. The smallest absolute Gasteiger partial charge is 0.114 e. The molecule has 0 radical (unpaired) electrons. The number of hydrogen-bond donors (Lipinski definition) is 1. The molecule has 2 nitrogen and oxygen atoms in total. The van der Waals surface area contributed by atoms with Crippen molar-refractivity contribution in [2.45, 2.75) is 80.6 Å². The standard InChI is InChI=1S/C36H52N2/c1-9-18-33(36(8)25-27(5)26(4)23-24-28(36)6)29(7)34(32(10-2)30-19-14-12-15-20-30)35(37-11-3)38-31-21-16-13-17-22-31/h10-12,14-16,19-24,26-29,33-34H,3,9,13,17-18,25H2,1-2,4-8H3,(H,37,38)/b32-10-. The molecule has 0 aliphatic heterocycles. The lowest BCUT2D eigenvalue weighted by Gasteiger charge is -2.48. The average Bonchev–Trinajstić information content (AvgIpc) is 3.02. The van der Waals surface area contributed by atoms with Gasteiger partial charge in [0.05, 0.1) is 0 Å². The van der Waals surface area contributed by atoms with Crippen LogP contribution >= 0.6 is 0 Å². The largest absolute Gasteiger partial charge is 0.344 e. The third-order valence-electron chi connectivity index (χ3n) is 9.56. The zero-order valence-corrected chi connectivity index (χ0v) is 25.1. The van der Waals surface area contributed by atoms with E-state index in [0.29, 0.717) is 29.6 Å². The molecule has 7 unspecified atom stereocenters. The maximum atomic E-state index is 4.95. The minimum Gasteiger partial charge on any atom is -0.344 e. The zero-order valence-electron chi connectivity index (χ0n) is 25.1. The first-order chi connectivity index (χ1) is 18.3. The highest BCUT2D eigenvalue weighted by Crippen LogP contribution is 2.52. The summed E-state index contributed by atoms with van der Waals surface area (Å²) in [5, 5.41) is 3.77. The monoisotopic (exact) mass is 512 g/mol. The topological polar surface area (TPSA) is 24.4 Å². The number of aliphatic imine (C=N–C) groups is 1. The van der Waals surface area contributed by atoms with Crippen LogP contribution in [0.3, 0.4) is 0 Å². The Balaban J connectivity index is 2.15. The molecule has 1 N–H and O–H groups in total. The Morgan fingerprint density at radius 1 is 1.16 bits per heavy atom. The molecule has 1 aromatic carbocycles. The first-order valence-electron chi connectivity index (χ1n) is 15.0. The van der Waals surface area contributed by atoms with Gasteiger partial charge in [0.1, 0.15) is 5.84 Å². The van der Waals surface area contributed by atoms with Crippen LogP contribution in [0.15, 0.2) is 90.3 Å². The number of amidine groups is 1. The van der Waals surface area contributed by atoms with Gasteiger partial charge in [0.15, 0.2) is 0 Å². The molecule has 2 heteroatoms. The van der Waals surface area contributed by atoms with Crippen LogP contribution in [0.25, 0.3) is 5.57 Å². The lowest BCUT2D eigenvalue weighted by molar-refractivity contribution is 0.0429. The van der Waals surface area contributed by atoms with E-state index in [-0.39, 0.29) is 11.3 Å². The Bertz CT molecular complexity index is 1060. The molecule has 0 spiro atoms. The van der Waals surface area contributed by atoms with Gasteiger partial charge in [-0.05, 0) is 84.8 Å². The minimum atomic E-state index is 0.122. The summed E-state index contributed by atoms with van der Waals surface area (Å²) in [6.07, 6.45) is 21.6. The van der Waals surface area contributed by atoms with E-state index in [0.717, 1.165) is 24.4 Å². The van der Waals surface area contributed by atoms with Gasteiger partial charge in [-0.3, -0.25) is 0 Å². The second kappa shape index (κ2) is 14.0. The first kappa shape index (κ1) is 29.9. The fraction of sp³-hybridized carbons (Fsp3) is 0.528. The highest BCUT2D eigenvalue weighted by Gasteiger charge is 2.46. The quantitative estimate of drug-likeness (QED) is 0.188. The number of benzene rings is 1. The summed E-state index contributed by atoms with van der Waals surface area (Å²) in [7, 11) is 0. The van der Waals surface area contributed by atoms with Crippen molar-refractivity contribution in [3.8, 4) is 0 Å². The van der Waals surface area contributed by atoms with E-state index in [9.17, 15) is 0 Å². The summed E-state index contributed by atoms with van der Waals surface area (Å²) < 4.78 is 0. The summed E-state index contributed by atoms with van der Waals surface area (Å²) in [6, 6.07) is 10.9. The molecule has 2 aliphatic rings. The molecule has 2 aliphatic carbocycles. The summed E-state index contributed by atoms with van der Waals surface area (Å²) in [4.78, 5) is 4.95. The van der Waals surface area contributed by atoms with Crippen LogP contribution in [0.2, 0.25) is 0 Å². The van der Waals surface area contributed by atoms with Gasteiger partial charge in [-0.25, -0.2) is 4.99 Å². The Hall–Kier alpha value is -2.61. The van der Waals surface area contributed by atoms with Crippen molar-refractivity contribution in [2.24, 2.45) is 45.9 Å². The molecule has 0 saturated heterocycles. The van der Waals surface area contributed by atoms with Crippen LogP contribution in [0, 0.1) is 40.9 Å². The summed E-state index contributed by atoms with van der Waals surface area (Å²) in [6.45, 7) is 20.9. The average molecular weight is 513 g/mol. The third kappa shape index (κ3) is 6.87. The molecule has 0 amide bonds. The molecule has 0 heterocycles. The molecule has 3 rings (SSSR count). The van der Waals surface area contributed by atoms with Crippen LogP contribution in [0.5, 0.6) is 0 Å². The van der Waals surface area contributed by atoms with E-state index in [4.69, 9.17) is 4.99 Å². The van der Waals surface area contributed by atoms with E-state index >= 15 is 0 Å². The highest BCUT2D eigenvalue weighted by molar-refractivity contribution is 5.97. The molecule has 7 atom stereocenters. The number of nitrogens with zero attached hydrogens (tertiary/aromatic N) is 1. The lowest BCUT2D eigenvalue weighted by atomic mass is 9.57. The van der Waals surface area contributed by atoms with Gasteiger partial charge in [-0.1, -0.05) is 115 Å². The van der Waals surface area contributed by atoms with Crippen LogP contribution in [-0.2, 0) is 0 Å². The normalized spacial score (nSPS) is 28.7. The van der Waals surface area contributed by atoms with Crippen molar-refractivity contribution in [3.05, 3.63) is 90.8 Å². The van der Waals surface area contributed by atoms with Gasteiger partial charge in [-0.15, -0.1) is 0 Å². The SMILES string of the molecule is C=CN=C(NC1=CCCC=C1)C(/C(=C\C)c1ccccc1)C(C)C(CCC)C1(C)CC(C)C(C)C=CC1C. The second-order valence-electron chi connectivity index (χ2n) is 12.0. The summed E-state index contributed by atoms with van der Waals surface area (Å²) >= 11 is 0. The van der Waals surface area contributed by atoms with Crippen molar-refractivity contribution in [2.75, 3.05) is 0 Å². The second-order valence-corrected chi connectivity index (χ2v) is 12.0. The van der Waals surface area contributed by atoms with E-state index in [2.05, 4.69) is 127 Å². The Kier molecular flexibility index (Phi) is 11.0. The van der Waals surface area contributed by atoms with Gasteiger partial charge >= 0.3 is 0 Å². The molecule has 38 heavy (non-hydrogen) atoms. The third-order valence-corrected chi connectivity index (χ3v) is 9.56. The fourth-order valence-corrected chi connectivity index (χ4v) is 7.02. The van der Waals surface area contributed by atoms with E-state index in [1.165, 1.54) is 30.4 Å². The Morgan fingerprint density at radius 3 is 2.50 bits per heavy atom. The number of allylic oxidation sites excluding steroid dienone is 6. The minimum absolute atomic E-state index is 0.122. The zero-order chi connectivity index (χ0) is 27.7. The molecule has 1 aromatic rings.